The van der Waals surface area contributed by atoms with Crippen molar-refractivity contribution in [3.05, 3.63) is 29.8 Å². The number of nitrogens with zero attached hydrogens (tertiary/aromatic N) is 3. The van der Waals surface area contributed by atoms with Crippen LogP contribution in [0.2, 0.25) is 0 Å². The van der Waals surface area contributed by atoms with Gasteiger partial charge in [-0.1, -0.05) is 0 Å². The van der Waals surface area contributed by atoms with Gasteiger partial charge in [0.25, 0.3) is 0 Å². The number of Topliss-reactive ketones (excluding diaryl/α,β-unsaturated/α-hetero) is 1. The van der Waals surface area contributed by atoms with Crippen molar-refractivity contribution in [1.29, 1.82) is 10.5 Å². The Hall–Kier alpha value is -2.86. The molecule has 1 aromatic rings. The smallest absolute Gasteiger partial charge is 0.241 e. The highest BCUT2D eigenvalue weighted by Gasteiger charge is 2.12. The fourth-order valence-electron chi connectivity index (χ4n) is 1.84. The normalized spacial score (nSPS) is 9.41. The third-order valence-electron chi connectivity index (χ3n) is 3.07. The number of nitriles is 2. The molecule has 0 heterocycles. The van der Waals surface area contributed by atoms with Gasteiger partial charge in [0.2, 0.25) is 5.91 Å². The number of carbonyl (C=O) groups is 2. The Labute approximate surface area is 129 Å². The van der Waals surface area contributed by atoms with Crippen molar-refractivity contribution in [2.24, 2.45) is 0 Å². The molecular formula is C16H18N4O2. The maximum absolute atomic E-state index is 12.1. The minimum absolute atomic E-state index is 0.0122. The van der Waals surface area contributed by atoms with Crippen molar-refractivity contribution < 1.29 is 9.59 Å². The highest BCUT2D eigenvalue weighted by atomic mass is 16.2. The number of rotatable bonds is 8. The Bertz CT molecular complexity index is 578. The van der Waals surface area contributed by atoms with Crippen molar-refractivity contribution in [1.82, 2.24) is 4.90 Å². The third kappa shape index (κ3) is 5.64. The molecule has 1 N–H and O–H groups in total. The van der Waals surface area contributed by atoms with E-state index in [1.807, 2.05) is 12.1 Å². The second-order valence-corrected chi connectivity index (χ2v) is 4.68. The van der Waals surface area contributed by atoms with Crippen LogP contribution < -0.4 is 5.32 Å². The molecule has 22 heavy (non-hydrogen) atoms. The van der Waals surface area contributed by atoms with E-state index in [-0.39, 0.29) is 31.1 Å². The van der Waals surface area contributed by atoms with E-state index < -0.39 is 0 Å². The topological polar surface area (TPSA) is 97.0 Å². The maximum atomic E-state index is 12.1. The van der Waals surface area contributed by atoms with Gasteiger partial charge in [-0.3, -0.25) is 9.59 Å². The third-order valence-corrected chi connectivity index (χ3v) is 3.07. The van der Waals surface area contributed by atoms with Crippen LogP contribution in [0.15, 0.2) is 24.3 Å². The zero-order valence-corrected chi connectivity index (χ0v) is 12.5. The van der Waals surface area contributed by atoms with Crippen LogP contribution in [0.4, 0.5) is 5.69 Å². The molecule has 0 aromatic heterocycles. The molecular weight excluding hydrogens is 280 g/mol. The van der Waals surface area contributed by atoms with Crippen LogP contribution in [-0.4, -0.2) is 36.2 Å². The fourth-order valence-corrected chi connectivity index (χ4v) is 1.84. The lowest BCUT2D eigenvalue weighted by molar-refractivity contribution is -0.129. The molecule has 0 aliphatic carbocycles. The summed E-state index contributed by atoms with van der Waals surface area (Å²) in [6.45, 7) is 2.22. The molecule has 0 atom stereocenters. The summed E-state index contributed by atoms with van der Waals surface area (Å²) >= 11 is 0. The number of anilines is 1. The number of hydrogen-bond acceptors (Lipinski definition) is 5. The lowest BCUT2D eigenvalue weighted by Crippen LogP contribution is -2.36. The average molecular weight is 298 g/mol. The first-order valence-electron chi connectivity index (χ1n) is 6.95. The van der Waals surface area contributed by atoms with Crippen LogP contribution in [0, 0.1) is 22.7 Å². The molecule has 0 saturated carbocycles. The largest absolute Gasteiger partial charge is 0.376 e. The van der Waals surface area contributed by atoms with Crippen molar-refractivity contribution in [2.75, 3.05) is 25.0 Å². The van der Waals surface area contributed by atoms with E-state index in [2.05, 4.69) is 5.32 Å². The molecule has 0 aliphatic rings. The molecule has 1 rings (SSSR count). The van der Waals surface area contributed by atoms with Crippen LogP contribution >= 0.6 is 0 Å². The standard InChI is InChI=1S/C16H18N4O2/c1-13(21)14-4-6-15(7-5-14)19-12-16(22)20(10-2-8-17)11-3-9-18/h4-7,19H,2-3,10-12H2,1H3. The number of ketones is 1. The summed E-state index contributed by atoms with van der Waals surface area (Å²) in [7, 11) is 0. The van der Waals surface area contributed by atoms with E-state index in [0.29, 0.717) is 18.7 Å². The molecule has 0 aliphatic heterocycles. The summed E-state index contributed by atoms with van der Waals surface area (Å²) in [5.74, 6) is -0.178. The summed E-state index contributed by atoms with van der Waals surface area (Å²) in [6.07, 6.45) is 0.481. The van der Waals surface area contributed by atoms with Crippen LogP contribution in [0.25, 0.3) is 0 Å². The first-order valence-corrected chi connectivity index (χ1v) is 6.95. The molecule has 0 saturated heterocycles. The van der Waals surface area contributed by atoms with Gasteiger partial charge in [0.1, 0.15) is 0 Å². The monoisotopic (exact) mass is 298 g/mol. The van der Waals surface area contributed by atoms with E-state index >= 15 is 0 Å². The van der Waals surface area contributed by atoms with Gasteiger partial charge in [0, 0.05) is 24.3 Å². The van der Waals surface area contributed by atoms with Gasteiger partial charge in [-0.15, -0.1) is 0 Å². The predicted octanol–water partition coefficient (Wildman–Crippen LogP) is 1.96. The summed E-state index contributed by atoms with van der Waals surface area (Å²) in [6, 6.07) is 10.8. The van der Waals surface area contributed by atoms with Gasteiger partial charge < -0.3 is 10.2 Å². The van der Waals surface area contributed by atoms with E-state index in [4.69, 9.17) is 10.5 Å². The molecule has 1 amide bonds. The summed E-state index contributed by atoms with van der Waals surface area (Å²) in [5, 5.41) is 20.2. The molecule has 0 fully saturated rings. The SMILES string of the molecule is CC(=O)c1ccc(NCC(=O)N(CCC#N)CCC#N)cc1. The van der Waals surface area contributed by atoms with Gasteiger partial charge >= 0.3 is 0 Å². The van der Waals surface area contributed by atoms with Gasteiger partial charge in [-0.25, -0.2) is 0 Å². The summed E-state index contributed by atoms with van der Waals surface area (Å²) < 4.78 is 0. The van der Waals surface area contributed by atoms with E-state index in [1.165, 1.54) is 11.8 Å². The summed E-state index contributed by atoms with van der Waals surface area (Å²) in [4.78, 5) is 24.8. The Morgan fingerprint density at radius 2 is 1.64 bits per heavy atom. The second-order valence-electron chi connectivity index (χ2n) is 4.68. The number of benzene rings is 1. The Morgan fingerprint density at radius 3 is 2.09 bits per heavy atom. The second kappa shape index (κ2) is 9.15. The molecule has 114 valence electrons. The van der Waals surface area contributed by atoms with Crippen LogP contribution in [0.3, 0.4) is 0 Å². The average Bonchev–Trinajstić information content (AvgIpc) is 2.53. The van der Waals surface area contributed by atoms with Gasteiger partial charge in [0.15, 0.2) is 5.78 Å². The number of hydrogen-bond donors (Lipinski definition) is 1. The highest BCUT2D eigenvalue weighted by Crippen LogP contribution is 2.10. The zero-order valence-electron chi connectivity index (χ0n) is 12.5. The quantitative estimate of drug-likeness (QED) is 0.740. The lowest BCUT2D eigenvalue weighted by Gasteiger charge is -2.20. The molecule has 0 bridgehead atoms. The Morgan fingerprint density at radius 1 is 1.09 bits per heavy atom. The van der Waals surface area contributed by atoms with Crippen LogP contribution in [0.1, 0.15) is 30.1 Å². The first kappa shape index (κ1) is 17.2. The van der Waals surface area contributed by atoms with Gasteiger partial charge in [0.05, 0.1) is 31.5 Å². The van der Waals surface area contributed by atoms with E-state index in [0.717, 1.165) is 5.69 Å². The number of carbonyl (C=O) groups excluding carboxylic acids is 2. The van der Waals surface area contributed by atoms with Crippen molar-refractivity contribution in [3.8, 4) is 12.1 Å². The van der Waals surface area contributed by atoms with Gasteiger partial charge in [-0.05, 0) is 31.2 Å². The maximum Gasteiger partial charge on any atom is 0.241 e. The molecule has 6 heteroatoms. The van der Waals surface area contributed by atoms with Crippen LogP contribution in [0.5, 0.6) is 0 Å². The van der Waals surface area contributed by atoms with Crippen molar-refractivity contribution in [2.45, 2.75) is 19.8 Å². The van der Waals surface area contributed by atoms with Gasteiger partial charge in [-0.2, -0.15) is 10.5 Å². The molecule has 0 unspecified atom stereocenters. The lowest BCUT2D eigenvalue weighted by atomic mass is 10.1. The summed E-state index contributed by atoms with van der Waals surface area (Å²) in [5.41, 5.74) is 1.35. The minimum Gasteiger partial charge on any atom is -0.376 e. The first-order chi connectivity index (χ1) is 10.6. The highest BCUT2D eigenvalue weighted by molar-refractivity contribution is 5.94. The molecule has 0 radical (unpaired) electrons. The molecule has 1 aromatic carbocycles. The Kier molecular flexibility index (Phi) is 7.15. The predicted molar refractivity (Wildman–Crippen MR) is 82.0 cm³/mol. The van der Waals surface area contributed by atoms with E-state index in [1.54, 1.807) is 24.3 Å². The zero-order chi connectivity index (χ0) is 16.4. The van der Waals surface area contributed by atoms with Crippen molar-refractivity contribution in [3.63, 3.8) is 0 Å². The fraction of sp³-hybridized carbons (Fsp3) is 0.375. The molecule has 6 nitrogen and oxygen atoms in total. The molecule has 0 spiro atoms. The van der Waals surface area contributed by atoms with Crippen molar-refractivity contribution >= 4 is 17.4 Å². The van der Waals surface area contributed by atoms with E-state index in [9.17, 15) is 9.59 Å². The minimum atomic E-state index is -0.166. The van der Waals surface area contributed by atoms with Crippen LogP contribution in [-0.2, 0) is 4.79 Å². The number of nitrogens with one attached hydrogen (secondary N) is 1. The number of amides is 1. The Balaban J connectivity index is 2.56.